The van der Waals surface area contributed by atoms with Crippen LogP contribution >= 0.6 is 11.3 Å². The molecule has 3 rings (SSSR count). The van der Waals surface area contributed by atoms with Crippen molar-refractivity contribution in [3.63, 3.8) is 0 Å². The zero-order valence-corrected chi connectivity index (χ0v) is 12.2. The molecule has 110 valence electrons. The molecule has 0 atom stereocenters. The third kappa shape index (κ3) is 3.04. The molecule has 0 radical (unpaired) electrons. The van der Waals surface area contributed by atoms with E-state index in [1.807, 2.05) is 30.3 Å². The molecule has 0 bridgehead atoms. The van der Waals surface area contributed by atoms with Crippen LogP contribution in [0.2, 0.25) is 0 Å². The summed E-state index contributed by atoms with van der Waals surface area (Å²) in [4.78, 5) is 23.7. The quantitative estimate of drug-likeness (QED) is 0.648. The molecule has 7 heteroatoms. The van der Waals surface area contributed by atoms with Gasteiger partial charge in [-0.05, 0) is 17.5 Å². The summed E-state index contributed by atoms with van der Waals surface area (Å²) in [6.45, 7) is 0. The normalized spacial score (nSPS) is 10.2. The predicted octanol–water partition coefficient (Wildman–Crippen LogP) is 2.21. The molecule has 0 aliphatic rings. The maximum absolute atomic E-state index is 12.0. The molecule has 0 aliphatic heterocycles. The van der Waals surface area contributed by atoms with Gasteiger partial charge < -0.3 is 0 Å². The molecule has 22 heavy (non-hydrogen) atoms. The first-order chi connectivity index (χ1) is 10.7. The maximum atomic E-state index is 12.0. The van der Waals surface area contributed by atoms with Crippen LogP contribution in [0, 0.1) is 0 Å². The number of aromatic nitrogens is 2. The fourth-order valence-electron chi connectivity index (χ4n) is 1.84. The van der Waals surface area contributed by atoms with Crippen LogP contribution in [0.25, 0.3) is 11.3 Å². The second-order valence-electron chi connectivity index (χ2n) is 4.45. The summed E-state index contributed by atoms with van der Waals surface area (Å²) in [6.07, 6.45) is 0. The number of carbonyl (C=O) groups excluding carboxylic acids is 2. The van der Waals surface area contributed by atoms with Gasteiger partial charge in [-0.2, -0.15) is 16.4 Å². The number of hydrogen-bond donors (Lipinski definition) is 3. The number of H-pyrrole nitrogens is 1. The highest BCUT2D eigenvalue weighted by atomic mass is 32.1. The van der Waals surface area contributed by atoms with Gasteiger partial charge in [-0.3, -0.25) is 25.5 Å². The van der Waals surface area contributed by atoms with E-state index in [4.69, 9.17) is 0 Å². The number of benzene rings is 1. The van der Waals surface area contributed by atoms with Crippen molar-refractivity contribution in [2.75, 3.05) is 0 Å². The molecule has 6 nitrogen and oxygen atoms in total. The van der Waals surface area contributed by atoms with Crippen molar-refractivity contribution >= 4 is 23.2 Å². The van der Waals surface area contributed by atoms with Crippen LogP contribution in [-0.2, 0) is 0 Å². The standard InChI is InChI=1S/C15H12N4O2S/c20-14(11-6-7-22-9-11)18-19-15(21)13-8-12(16-17-13)10-4-2-1-3-5-10/h1-9H,(H,16,17)(H,18,20)(H,19,21). The van der Waals surface area contributed by atoms with Crippen LogP contribution in [0.15, 0.2) is 53.2 Å². The zero-order valence-electron chi connectivity index (χ0n) is 11.4. The first-order valence-electron chi connectivity index (χ1n) is 6.48. The average Bonchev–Trinajstić information content (AvgIpc) is 3.24. The number of nitrogens with zero attached hydrogens (tertiary/aromatic N) is 1. The fourth-order valence-corrected chi connectivity index (χ4v) is 2.48. The van der Waals surface area contributed by atoms with Crippen LogP contribution < -0.4 is 10.9 Å². The minimum atomic E-state index is -0.460. The lowest BCUT2D eigenvalue weighted by Crippen LogP contribution is -2.41. The lowest BCUT2D eigenvalue weighted by atomic mass is 10.1. The summed E-state index contributed by atoms with van der Waals surface area (Å²) in [5.74, 6) is -0.823. The van der Waals surface area contributed by atoms with Gasteiger partial charge in [0, 0.05) is 10.9 Å². The molecule has 0 aliphatic carbocycles. The number of rotatable bonds is 3. The molecule has 0 unspecified atom stereocenters. The number of aromatic amines is 1. The summed E-state index contributed by atoms with van der Waals surface area (Å²) >= 11 is 1.41. The van der Waals surface area contributed by atoms with Crippen molar-refractivity contribution in [1.29, 1.82) is 0 Å². The van der Waals surface area contributed by atoms with Gasteiger partial charge >= 0.3 is 0 Å². The van der Waals surface area contributed by atoms with E-state index < -0.39 is 5.91 Å². The first kappa shape index (κ1) is 14.0. The highest BCUT2D eigenvalue weighted by Crippen LogP contribution is 2.16. The second kappa shape index (κ2) is 6.23. The van der Waals surface area contributed by atoms with Crippen molar-refractivity contribution in [1.82, 2.24) is 21.0 Å². The van der Waals surface area contributed by atoms with Crippen molar-refractivity contribution < 1.29 is 9.59 Å². The lowest BCUT2D eigenvalue weighted by molar-refractivity contribution is 0.0844. The Kier molecular flexibility index (Phi) is 3.97. The van der Waals surface area contributed by atoms with E-state index in [2.05, 4.69) is 21.0 Å². The summed E-state index contributed by atoms with van der Waals surface area (Å²) in [5, 5.41) is 10.2. The summed E-state index contributed by atoms with van der Waals surface area (Å²) in [7, 11) is 0. The topological polar surface area (TPSA) is 86.9 Å². The van der Waals surface area contributed by atoms with Crippen molar-refractivity contribution in [2.24, 2.45) is 0 Å². The van der Waals surface area contributed by atoms with Gasteiger partial charge in [0.15, 0.2) is 0 Å². The van der Waals surface area contributed by atoms with Crippen LogP contribution in [0.5, 0.6) is 0 Å². The number of thiophene rings is 1. The number of hydrogen-bond acceptors (Lipinski definition) is 4. The molecule has 2 aromatic heterocycles. The Morgan fingerprint density at radius 3 is 2.55 bits per heavy atom. The Balaban J connectivity index is 1.64. The number of amides is 2. The highest BCUT2D eigenvalue weighted by Gasteiger charge is 2.12. The van der Waals surface area contributed by atoms with Crippen molar-refractivity contribution in [3.05, 3.63) is 64.5 Å². The van der Waals surface area contributed by atoms with Gasteiger partial charge in [0.1, 0.15) is 5.69 Å². The zero-order chi connectivity index (χ0) is 15.4. The molecule has 2 heterocycles. The van der Waals surface area contributed by atoms with Gasteiger partial charge in [-0.15, -0.1) is 0 Å². The molecule has 3 N–H and O–H groups in total. The van der Waals surface area contributed by atoms with E-state index in [1.54, 1.807) is 22.9 Å². The van der Waals surface area contributed by atoms with Gasteiger partial charge in [-0.25, -0.2) is 0 Å². The molecule has 1 aromatic carbocycles. The summed E-state index contributed by atoms with van der Waals surface area (Å²) in [5.41, 5.74) is 7.03. The molecular formula is C15H12N4O2S. The lowest BCUT2D eigenvalue weighted by Gasteiger charge is -2.04. The van der Waals surface area contributed by atoms with Crippen LogP contribution in [0.1, 0.15) is 20.8 Å². The summed E-state index contributed by atoms with van der Waals surface area (Å²) < 4.78 is 0. The van der Waals surface area contributed by atoms with E-state index in [9.17, 15) is 9.59 Å². The Morgan fingerprint density at radius 2 is 1.82 bits per heavy atom. The Labute approximate surface area is 130 Å². The molecule has 0 saturated carbocycles. The minimum Gasteiger partial charge on any atom is -0.272 e. The SMILES string of the molecule is O=C(NNC(=O)c1cc(-c2ccccc2)n[nH]1)c1ccsc1. The van der Waals surface area contributed by atoms with Gasteiger partial charge in [-0.1, -0.05) is 30.3 Å². The Hall–Kier alpha value is -2.93. The molecule has 2 amide bonds. The smallest absolute Gasteiger partial charge is 0.272 e. The van der Waals surface area contributed by atoms with E-state index in [1.165, 1.54) is 11.3 Å². The number of nitrogens with one attached hydrogen (secondary N) is 3. The van der Waals surface area contributed by atoms with Gasteiger partial charge in [0.2, 0.25) is 0 Å². The first-order valence-corrected chi connectivity index (χ1v) is 7.42. The van der Waals surface area contributed by atoms with Gasteiger partial charge in [0.25, 0.3) is 11.8 Å². The van der Waals surface area contributed by atoms with E-state index in [0.717, 1.165) is 5.56 Å². The maximum Gasteiger partial charge on any atom is 0.287 e. The van der Waals surface area contributed by atoms with E-state index in [-0.39, 0.29) is 11.6 Å². The largest absolute Gasteiger partial charge is 0.287 e. The van der Waals surface area contributed by atoms with Crippen LogP contribution in [-0.4, -0.2) is 22.0 Å². The third-order valence-corrected chi connectivity index (χ3v) is 3.65. The highest BCUT2D eigenvalue weighted by molar-refractivity contribution is 7.08. The van der Waals surface area contributed by atoms with E-state index in [0.29, 0.717) is 11.3 Å². The third-order valence-electron chi connectivity index (χ3n) is 2.96. The molecule has 0 fully saturated rings. The van der Waals surface area contributed by atoms with E-state index >= 15 is 0 Å². The van der Waals surface area contributed by atoms with Crippen molar-refractivity contribution in [2.45, 2.75) is 0 Å². The fraction of sp³-hybridized carbons (Fsp3) is 0. The Morgan fingerprint density at radius 1 is 1.05 bits per heavy atom. The molecular weight excluding hydrogens is 300 g/mol. The summed E-state index contributed by atoms with van der Waals surface area (Å²) in [6, 6.07) is 12.8. The number of carbonyl (C=O) groups is 2. The average molecular weight is 312 g/mol. The van der Waals surface area contributed by atoms with Crippen LogP contribution in [0.3, 0.4) is 0 Å². The predicted molar refractivity (Wildman–Crippen MR) is 83.3 cm³/mol. The minimum absolute atomic E-state index is 0.268. The number of hydrazine groups is 1. The molecule has 0 saturated heterocycles. The second-order valence-corrected chi connectivity index (χ2v) is 5.23. The van der Waals surface area contributed by atoms with Gasteiger partial charge in [0.05, 0.1) is 11.3 Å². The van der Waals surface area contributed by atoms with Crippen LogP contribution in [0.4, 0.5) is 0 Å². The molecule has 0 spiro atoms. The van der Waals surface area contributed by atoms with Crippen molar-refractivity contribution in [3.8, 4) is 11.3 Å². The Bertz CT molecular complexity index is 781. The monoisotopic (exact) mass is 312 g/mol. The molecule has 3 aromatic rings.